The Bertz CT molecular complexity index is 1000. The van der Waals surface area contributed by atoms with Crippen LogP contribution in [0.3, 0.4) is 0 Å². The highest BCUT2D eigenvalue weighted by Crippen LogP contribution is 2.32. The first-order chi connectivity index (χ1) is 15.7. The molecule has 1 aliphatic heterocycles. The Labute approximate surface area is 195 Å². The highest BCUT2D eigenvalue weighted by Gasteiger charge is 2.19. The fraction of sp³-hybridized carbons (Fsp3) is 0.308. The molecular formula is C26H30N2O3S. The minimum Gasteiger partial charge on any atom is -0.493 e. The smallest absolute Gasteiger partial charge is 0.165 e. The van der Waals surface area contributed by atoms with Gasteiger partial charge in [0.05, 0.1) is 26.3 Å². The zero-order valence-electron chi connectivity index (χ0n) is 18.9. The van der Waals surface area contributed by atoms with Crippen molar-refractivity contribution in [3.05, 3.63) is 77.9 Å². The second-order valence-corrected chi connectivity index (χ2v) is 8.69. The predicted molar refractivity (Wildman–Crippen MR) is 131 cm³/mol. The van der Waals surface area contributed by atoms with E-state index in [9.17, 15) is 0 Å². The molecule has 0 atom stereocenters. The van der Waals surface area contributed by atoms with Gasteiger partial charge in [-0.25, -0.2) is 0 Å². The number of rotatable bonds is 8. The Morgan fingerprint density at radius 3 is 2.19 bits per heavy atom. The average Bonchev–Trinajstić information content (AvgIpc) is 2.84. The van der Waals surface area contributed by atoms with Crippen molar-refractivity contribution in [1.29, 1.82) is 0 Å². The van der Waals surface area contributed by atoms with Crippen molar-refractivity contribution in [2.24, 2.45) is 0 Å². The third-order valence-electron chi connectivity index (χ3n) is 5.71. The summed E-state index contributed by atoms with van der Waals surface area (Å²) in [6.45, 7) is 6.93. The van der Waals surface area contributed by atoms with Crippen molar-refractivity contribution in [2.45, 2.75) is 18.4 Å². The molecule has 1 heterocycles. The monoisotopic (exact) mass is 450 g/mol. The van der Waals surface area contributed by atoms with Crippen LogP contribution in [-0.4, -0.2) is 45.3 Å². The van der Waals surface area contributed by atoms with Gasteiger partial charge in [-0.3, -0.25) is 4.90 Å². The Morgan fingerprint density at radius 2 is 1.53 bits per heavy atom. The minimum absolute atomic E-state index is 0.784. The van der Waals surface area contributed by atoms with Crippen LogP contribution in [0.15, 0.2) is 71.6 Å². The Morgan fingerprint density at radius 1 is 0.812 bits per heavy atom. The lowest BCUT2D eigenvalue weighted by atomic mass is 10.1. The van der Waals surface area contributed by atoms with Crippen LogP contribution in [0.25, 0.3) is 0 Å². The van der Waals surface area contributed by atoms with Crippen LogP contribution in [0.5, 0.6) is 17.2 Å². The molecule has 168 valence electrons. The zero-order chi connectivity index (χ0) is 22.3. The van der Waals surface area contributed by atoms with Crippen LogP contribution in [0, 0.1) is 6.92 Å². The molecule has 1 saturated heterocycles. The number of hydrogen-bond acceptors (Lipinski definition) is 6. The first kappa shape index (κ1) is 22.4. The van der Waals surface area contributed by atoms with E-state index >= 15 is 0 Å². The van der Waals surface area contributed by atoms with Gasteiger partial charge in [-0.2, -0.15) is 0 Å². The van der Waals surface area contributed by atoms with E-state index in [-0.39, 0.29) is 0 Å². The number of aryl methyl sites for hydroxylation is 1. The van der Waals surface area contributed by atoms with E-state index < -0.39 is 0 Å². The normalized spacial score (nSPS) is 14.3. The summed E-state index contributed by atoms with van der Waals surface area (Å²) >= 11 is 1.39. The molecule has 4 rings (SSSR count). The maximum absolute atomic E-state index is 5.87. The first-order valence-electron chi connectivity index (χ1n) is 10.8. The number of methoxy groups -OCH3 is 2. The summed E-state index contributed by atoms with van der Waals surface area (Å²) in [4.78, 5) is 5.99. The van der Waals surface area contributed by atoms with Crippen LogP contribution < -0.4 is 18.6 Å². The van der Waals surface area contributed by atoms with Crippen LogP contribution in [0.2, 0.25) is 0 Å². The van der Waals surface area contributed by atoms with E-state index in [1.165, 1.54) is 23.3 Å². The number of nitrogens with zero attached hydrogens (tertiary/aromatic N) is 2. The summed E-state index contributed by atoms with van der Waals surface area (Å²) in [6, 6.07) is 22.8. The summed E-state index contributed by atoms with van der Waals surface area (Å²) in [5.41, 5.74) is 3.64. The van der Waals surface area contributed by atoms with Gasteiger partial charge in [0.1, 0.15) is 5.75 Å². The lowest BCUT2D eigenvalue weighted by molar-refractivity contribution is 0.244. The molecule has 1 fully saturated rings. The minimum atomic E-state index is 0.784. The second kappa shape index (κ2) is 10.7. The molecule has 3 aromatic carbocycles. The molecule has 0 bridgehead atoms. The van der Waals surface area contributed by atoms with Crippen LogP contribution in [-0.2, 0) is 6.54 Å². The molecule has 0 amide bonds. The van der Waals surface area contributed by atoms with Crippen LogP contribution >= 0.6 is 12.0 Å². The quantitative estimate of drug-likeness (QED) is 0.426. The van der Waals surface area contributed by atoms with Crippen molar-refractivity contribution in [2.75, 3.05) is 45.3 Å². The maximum atomic E-state index is 5.87. The largest absolute Gasteiger partial charge is 0.493 e. The SMILES string of the molecule is COc1cccc(CN2CCN(c3ccc(OSc4ccc(C)cc4)cc3)CC2)c1OC. The van der Waals surface area contributed by atoms with Gasteiger partial charge in [0.25, 0.3) is 0 Å². The Kier molecular flexibility index (Phi) is 7.45. The molecule has 1 aliphatic rings. The molecule has 0 N–H and O–H groups in total. The number of anilines is 1. The van der Waals surface area contributed by atoms with Crippen molar-refractivity contribution in [1.82, 2.24) is 4.90 Å². The van der Waals surface area contributed by atoms with Gasteiger partial charge in [-0.1, -0.05) is 29.8 Å². The summed E-state index contributed by atoms with van der Waals surface area (Å²) < 4.78 is 16.9. The van der Waals surface area contributed by atoms with Gasteiger partial charge in [0.2, 0.25) is 0 Å². The standard InChI is InChI=1S/C26H30N2O3S/c1-20-7-13-24(14-8-20)32-31-23-11-9-22(10-12-23)28-17-15-27(16-18-28)19-21-5-4-6-25(29-2)26(21)30-3/h4-14H,15-19H2,1-3H3. The molecule has 0 unspecified atom stereocenters. The third-order valence-corrected chi connectivity index (χ3v) is 6.45. The lowest BCUT2D eigenvalue weighted by Crippen LogP contribution is -2.46. The summed E-state index contributed by atoms with van der Waals surface area (Å²) in [7, 11) is 3.38. The van der Waals surface area contributed by atoms with E-state index in [4.69, 9.17) is 13.7 Å². The van der Waals surface area contributed by atoms with Crippen molar-refractivity contribution in [3.8, 4) is 17.2 Å². The van der Waals surface area contributed by atoms with Gasteiger partial charge >= 0.3 is 0 Å². The Balaban J connectivity index is 1.29. The molecule has 32 heavy (non-hydrogen) atoms. The molecular weight excluding hydrogens is 420 g/mol. The number of piperazine rings is 1. The predicted octanol–water partition coefficient (Wildman–Crippen LogP) is 5.42. The number of para-hydroxylation sites is 1. The zero-order valence-corrected chi connectivity index (χ0v) is 19.7. The van der Waals surface area contributed by atoms with Gasteiger partial charge in [0.15, 0.2) is 11.5 Å². The average molecular weight is 451 g/mol. The molecule has 0 aliphatic carbocycles. The summed E-state index contributed by atoms with van der Waals surface area (Å²) in [5, 5.41) is 0. The van der Waals surface area contributed by atoms with Gasteiger partial charge in [0, 0.05) is 48.9 Å². The molecule has 0 saturated carbocycles. The number of ether oxygens (including phenoxy) is 2. The number of hydrogen-bond donors (Lipinski definition) is 0. The van der Waals surface area contributed by atoms with Crippen molar-refractivity contribution < 1.29 is 13.7 Å². The van der Waals surface area contributed by atoms with E-state index in [0.29, 0.717) is 0 Å². The van der Waals surface area contributed by atoms with Gasteiger partial charge in [-0.05, 0) is 49.4 Å². The van der Waals surface area contributed by atoms with E-state index in [2.05, 4.69) is 59.2 Å². The fourth-order valence-electron chi connectivity index (χ4n) is 3.89. The van der Waals surface area contributed by atoms with Crippen LogP contribution in [0.4, 0.5) is 5.69 Å². The highest BCUT2D eigenvalue weighted by atomic mass is 32.2. The topological polar surface area (TPSA) is 34.2 Å². The second-order valence-electron chi connectivity index (χ2n) is 7.89. The maximum Gasteiger partial charge on any atom is 0.165 e. The van der Waals surface area contributed by atoms with E-state index in [0.717, 1.165) is 60.4 Å². The van der Waals surface area contributed by atoms with Crippen molar-refractivity contribution >= 4 is 17.7 Å². The summed E-state index contributed by atoms with van der Waals surface area (Å²) in [5.74, 6) is 2.48. The highest BCUT2D eigenvalue weighted by molar-refractivity contribution is 7.95. The lowest BCUT2D eigenvalue weighted by Gasteiger charge is -2.36. The molecule has 0 radical (unpaired) electrons. The van der Waals surface area contributed by atoms with E-state index in [1.54, 1.807) is 14.2 Å². The molecule has 0 aromatic heterocycles. The first-order valence-corrected chi connectivity index (χ1v) is 11.6. The van der Waals surface area contributed by atoms with Crippen molar-refractivity contribution in [3.63, 3.8) is 0 Å². The molecule has 3 aromatic rings. The van der Waals surface area contributed by atoms with Gasteiger partial charge in [-0.15, -0.1) is 0 Å². The molecule has 5 nitrogen and oxygen atoms in total. The van der Waals surface area contributed by atoms with E-state index in [1.807, 2.05) is 24.3 Å². The Hall–Kier alpha value is -2.83. The van der Waals surface area contributed by atoms with Gasteiger partial charge < -0.3 is 18.6 Å². The van der Waals surface area contributed by atoms with Crippen LogP contribution in [0.1, 0.15) is 11.1 Å². The number of benzene rings is 3. The summed E-state index contributed by atoms with van der Waals surface area (Å²) in [6.07, 6.45) is 0. The molecule has 6 heteroatoms. The molecule has 0 spiro atoms. The third kappa shape index (κ3) is 5.50. The fourth-order valence-corrected chi connectivity index (χ4v) is 4.44.